The molecule has 170 valence electrons. The molecule has 0 saturated heterocycles. The molecule has 0 amide bonds. The molecule has 4 heterocycles. The van der Waals surface area contributed by atoms with E-state index < -0.39 is 0 Å². The molecule has 0 aliphatic rings. The van der Waals surface area contributed by atoms with Crippen LogP contribution in [-0.4, -0.2) is 32.6 Å². The van der Waals surface area contributed by atoms with Crippen LogP contribution in [0.5, 0.6) is 0 Å². The van der Waals surface area contributed by atoms with Crippen molar-refractivity contribution in [2.75, 3.05) is 0 Å². The van der Waals surface area contributed by atoms with Crippen molar-refractivity contribution in [3.05, 3.63) is 86.3 Å². The molecule has 0 fully saturated rings. The molecular weight excluding hydrogens is 418 g/mol. The zero-order valence-corrected chi connectivity index (χ0v) is 19.3. The Bertz CT molecular complexity index is 1600. The second-order valence-corrected chi connectivity index (χ2v) is 8.69. The molecule has 5 aromatic rings. The molecule has 0 saturated carbocycles. The first-order valence-corrected chi connectivity index (χ1v) is 11.0. The SMILES string of the molecule is Cc1ccc(C)c(Cn2c(=O)c3c(nc4n(CCCn5ccnc5)c(C)cn34)n(C)c2=O)c1. The molecule has 0 spiro atoms. The maximum atomic E-state index is 13.5. The Kier molecular flexibility index (Phi) is 5.03. The Morgan fingerprint density at radius 1 is 1.03 bits per heavy atom. The highest BCUT2D eigenvalue weighted by atomic mass is 16.2. The van der Waals surface area contributed by atoms with E-state index in [1.54, 1.807) is 19.6 Å². The van der Waals surface area contributed by atoms with Crippen LogP contribution < -0.4 is 11.2 Å². The average Bonchev–Trinajstić information content (AvgIpc) is 3.49. The molecule has 5 rings (SSSR count). The maximum Gasteiger partial charge on any atom is 0.332 e. The van der Waals surface area contributed by atoms with E-state index in [0.29, 0.717) is 16.9 Å². The fraction of sp³-hybridized carbons (Fsp3) is 0.333. The van der Waals surface area contributed by atoms with Gasteiger partial charge in [0.15, 0.2) is 11.2 Å². The van der Waals surface area contributed by atoms with Crippen LogP contribution in [0.3, 0.4) is 0 Å². The first kappa shape index (κ1) is 21.0. The molecule has 33 heavy (non-hydrogen) atoms. The van der Waals surface area contributed by atoms with Gasteiger partial charge in [-0.2, -0.15) is 4.98 Å². The highest BCUT2D eigenvalue weighted by Crippen LogP contribution is 2.17. The van der Waals surface area contributed by atoms with Crippen LogP contribution in [0.25, 0.3) is 16.9 Å². The number of aromatic nitrogens is 7. The van der Waals surface area contributed by atoms with Gasteiger partial charge in [-0.15, -0.1) is 0 Å². The Labute approximate surface area is 190 Å². The Morgan fingerprint density at radius 3 is 2.61 bits per heavy atom. The number of rotatable bonds is 6. The van der Waals surface area contributed by atoms with Crippen LogP contribution in [-0.2, 0) is 26.7 Å². The molecule has 0 bridgehead atoms. The third-order valence-corrected chi connectivity index (χ3v) is 6.33. The molecule has 1 aromatic carbocycles. The van der Waals surface area contributed by atoms with Crippen molar-refractivity contribution in [2.45, 2.75) is 46.8 Å². The largest absolute Gasteiger partial charge is 0.337 e. The normalized spacial score (nSPS) is 11.8. The third-order valence-electron chi connectivity index (χ3n) is 6.33. The Hall–Kier alpha value is -3.88. The summed E-state index contributed by atoms with van der Waals surface area (Å²) >= 11 is 0. The molecule has 0 radical (unpaired) electrons. The van der Waals surface area contributed by atoms with Crippen LogP contribution in [0.1, 0.15) is 28.8 Å². The second-order valence-electron chi connectivity index (χ2n) is 8.69. The standard InChI is InChI=1S/C24H27N7O2/c1-16-6-7-17(2)19(12-16)14-31-22(32)20-21(27(4)24(31)33)26-23-29(18(3)13-30(20)23)10-5-9-28-11-8-25-15-28/h6-8,11-13,15H,5,9-10,14H2,1-4H3. The van der Waals surface area contributed by atoms with Gasteiger partial charge >= 0.3 is 5.69 Å². The summed E-state index contributed by atoms with van der Waals surface area (Å²) in [5.74, 6) is 0.671. The van der Waals surface area contributed by atoms with Gasteiger partial charge in [0.1, 0.15) is 0 Å². The summed E-state index contributed by atoms with van der Waals surface area (Å²) in [6.45, 7) is 7.82. The van der Waals surface area contributed by atoms with Crippen molar-refractivity contribution in [1.29, 1.82) is 0 Å². The minimum absolute atomic E-state index is 0.229. The number of nitrogens with zero attached hydrogens (tertiary/aromatic N) is 7. The van der Waals surface area contributed by atoms with Crippen molar-refractivity contribution < 1.29 is 0 Å². The maximum absolute atomic E-state index is 13.5. The quantitative estimate of drug-likeness (QED) is 0.402. The average molecular weight is 446 g/mol. The summed E-state index contributed by atoms with van der Waals surface area (Å²) in [5.41, 5.74) is 4.26. The van der Waals surface area contributed by atoms with Crippen molar-refractivity contribution in [3.8, 4) is 0 Å². The number of imidazole rings is 3. The van der Waals surface area contributed by atoms with E-state index in [0.717, 1.165) is 41.9 Å². The lowest BCUT2D eigenvalue weighted by Crippen LogP contribution is -2.39. The number of hydrogen-bond acceptors (Lipinski definition) is 4. The highest BCUT2D eigenvalue weighted by molar-refractivity contribution is 5.75. The lowest BCUT2D eigenvalue weighted by atomic mass is 10.1. The van der Waals surface area contributed by atoms with E-state index in [1.807, 2.05) is 60.3 Å². The van der Waals surface area contributed by atoms with Crippen LogP contribution in [0.2, 0.25) is 0 Å². The van der Waals surface area contributed by atoms with Gasteiger partial charge in [-0.05, 0) is 38.3 Å². The Morgan fingerprint density at radius 2 is 1.85 bits per heavy atom. The van der Waals surface area contributed by atoms with E-state index in [9.17, 15) is 9.59 Å². The predicted molar refractivity (Wildman–Crippen MR) is 127 cm³/mol. The molecule has 0 aliphatic carbocycles. The summed E-state index contributed by atoms with van der Waals surface area (Å²) in [6, 6.07) is 6.07. The highest BCUT2D eigenvalue weighted by Gasteiger charge is 2.20. The van der Waals surface area contributed by atoms with E-state index in [4.69, 9.17) is 4.98 Å². The molecule has 0 aliphatic heterocycles. The van der Waals surface area contributed by atoms with E-state index >= 15 is 0 Å². The summed E-state index contributed by atoms with van der Waals surface area (Å²) in [5, 5.41) is 0. The number of benzene rings is 1. The topological polar surface area (TPSA) is 84.0 Å². The van der Waals surface area contributed by atoms with Crippen LogP contribution in [0.15, 0.2) is 52.7 Å². The summed E-state index contributed by atoms with van der Waals surface area (Å²) in [6.07, 6.45) is 8.33. The summed E-state index contributed by atoms with van der Waals surface area (Å²) < 4.78 is 8.73. The molecular formula is C24H27N7O2. The smallest absolute Gasteiger partial charge is 0.332 e. The zero-order valence-electron chi connectivity index (χ0n) is 19.3. The lowest BCUT2D eigenvalue weighted by Gasteiger charge is -2.11. The van der Waals surface area contributed by atoms with E-state index in [-0.39, 0.29) is 17.8 Å². The van der Waals surface area contributed by atoms with Gasteiger partial charge in [0.05, 0.1) is 12.9 Å². The first-order chi connectivity index (χ1) is 15.8. The summed E-state index contributed by atoms with van der Waals surface area (Å²) in [4.78, 5) is 35.4. The van der Waals surface area contributed by atoms with Gasteiger partial charge in [-0.25, -0.2) is 9.78 Å². The molecule has 4 aromatic heterocycles. The van der Waals surface area contributed by atoms with Gasteiger partial charge in [0.25, 0.3) is 5.56 Å². The van der Waals surface area contributed by atoms with Crippen molar-refractivity contribution in [1.82, 2.24) is 32.6 Å². The number of aryl methyl sites for hydroxylation is 6. The molecule has 0 atom stereocenters. The molecule has 0 unspecified atom stereocenters. The van der Waals surface area contributed by atoms with Gasteiger partial charge in [0.2, 0.25) is 5.78 Å². The van der Waals surface area contributed by atoms with Crippen LogP contribution >= 0.6 is 0 Å². The van der Waals surface area contributed by atoms with Gasteiger partial charge in [-0.3, -0.25) is 18.3 Å². The van der Waals surface area contributed by atoms with E-state index in [2.05, 4.69) is 9.55 Å². The van der Waals surface area contributed by atoms with Crippen LogP contribution in [0.4, 0.5) is 0 Å². The first-order valence-electron chi connectivity index (χ1n) is 11.0. The minimum atomic E-state index is -0.363. The Balaban J connectivity index is 1.60. The number of hydrogen-bond donors (Lipinski definition) is 0. The lowest BCUT2D eigenvalue weighted by molar-refractivity contribution is 0.564. The van der Waals surface area contributed by atoms with Gasteiger partial charge < -0.3 is 9.13 Å². The summed E-state index contributed by atoms with van der Waals surface area (Å²) in [7, 11) is 1.67. The number of fused-ring (bicyclic) bond motifs is 3. The minimum Gasteiger partial charge on any atom is -0.337 e. The van der Waals surface area contributed by atoms with Crippen molar-refractivity contribution in [3.63, 3.8) is 0 Å². The fourth-order valence-corrected chi connectivity index (χ4v) is 4.44. The predicted octanol–water partition coefficient (Wildman–Crippen LogP) is 2.41. The molecule has 9 heteroatoms. The van der Waals surface area contributed by atoms with Crippen LogP contribution in [0, 0.1) is 20.8 Å². The fourth-order valence-electron chi connectivity index (χ4n) is 4.44. The second kappa shape index (κ2) is 7.91. The molecule has 9 nitrogen and oxygen atoms in total. The van der Waals surface area contributed by atoms with Crippen molar-refractivity contribution >= 4 is 16.9 Å². The van der Waals surface area contributed by atoms with Gasteiger partial charge in [-0.1, -0.05) is 23.8 Å². The van der Waals surface area contributed by atoms with E-state index in [1.165, 1.54) is 9.13 Å². The van der Waals surface area contributed by atoms with Gasteiger partial charge in [0, 0.05) is 44.4 Å². The molecule has 0 N–H and O–H groups in total. The van der Waals surface area contributed by atoms with Crippen molar-refractivity contribution in [2.24, 2.45) is 7.05 Å². The third kappa shape index (κ3) is 3.49. The zero-order chi connectivity index (χ0) is 23.3. The monoisotopic (exact) mass is 445 g/mol.